The standard InChI is InChI=1S/C11H11NO5/c1-17-11(14)10-5-4-9(12(15)16)7-8(10)3-2-6-13/h4-7H,2-3H2,1H3. The van der Waals surface area contributed by atoms with Crippen LogP contribution in [0.3, 0.4) is 0 Å². The van der Waals surface area contributed by atoms with Gasteiger partial charge in [0.15, 0.2) is 0 Å². The van der Waals surface area contributed by atoms with E-state index in [4.69, 9.17) is 0 Å². The Bertz CT molecular complexity index is 455. The van der Waals surface area contributed by atoms with E-state index in [1.807, 2.05) is 0 Å². The molecule has 6 heteroatoms. The lowest BCUT2D eigenvalue weighted by Gasteiger charge is -2.06. The Hall–Kier alpha value is -2.24. The lowest BCUT2D eigenvalue weighted by molar-refractivity contribution is -0.384. The van der Waals surface area contributed by atoms with Crippen LogP contribution < -0.4 is 0 Å². The number of esters is 1. The number of nitro groups is 1. The fourth-order valence-electron chi connectivity index (χ4n) is 1.42. The normalized spacial score (nSPS) is 9.71. The number of methoxy groups -OCH3 is 1. The van der Waals surface area contributed by atoms with Crippen molar-refractivity contribution in [1.82, 2.24) is 0 Å². The Morgan fingerprint density at radius 1 is 1.53 bits per heavy atom. The molecule has 1 aromatic carbocycles. The summed E-state index contributed by atoms with van der Waals surface area (Å²) in [5.74, 6) is -0.569. The second kappa shape index (κ2) is 5.74. The Kier molecular flexibility index (Phi) is 4.33. The first-order valence-electron chi connectivity index (χ1n) is 4.89. The second-order valence-electron chi connectivity index (χ2n) is 3.30. The number of ether oxygens (including phenoxy) is 1. The number of carbonyl (C=O) groups is 2. The van der Waals surface area contributed by atoms with E-state index >= 15 is 0 Å². The quantitative estimate of drug-likeness (QED) is 0.335. The number of benzene rings is 1. The summed E-state index contributed by atoms with van der Waals surface area (Å²) >= 11 is 0. The second-order valence-corrected chi connectivity index (χ2v) is 3.30. The van der Waals surface area contributed by atoms with Crippen molar-refractivity contribution in [3.63, 3.8) is 0 Å². The van der Waals surface area contributed by atoms with Gasteiger partial charge in [-0.05, 0) is 18.1 Å². The smallest absolute Gasteiger partial charge is 0.338 e. The Balaban J connectivity index is 3.15. The summed E-state index contributed by atoms with van der Waals surface area (Å²) < 4.78 is 4.56. The van der Waals surface area contributed by atoms with Gasteiger partial charge in [0.1, 0.15) is 6.29 Å². The summed E-state index contributed by atoms with van der Waals surface area (Å²) in [5.41, 5.74) is 0.580. The van der Waals surface area contributed by atoms with Crippen molar-refractivity contribution in [3.8, 4) is 0 Å². The highest BCUT2D eigenvalue weighted by Gasteiger charge is 2.15. The molecule has 0 unspecified atom stereocenters. The molecule has 1 aromatic rings. The van der Waals surface area contributed by atoms with E-state index in [9.17, 15) is 19.7 Å². The van der Waals surface area contributed by atoms with Gasteiger partial charge >= 0.3 is 5.97 Å². The fourth-order valence-corrected chi connectivity index (χ4v) is 1.42. The first-order valence-corrected chi connectivity index (χ1v) is 4.89. The molecule has 0 aromatic heterocycles. The van der Waals surface area contributed by atoms with Gasteiger partial charge in [-0.15, -0.1) is 0 Å². The molecule has 0 radical (unpaired) electrons. The van der Waals surface area contributed by atoms with Crippen molar-refractivity contribution in [3.05, 3.63) is 39.4 Å². The molecule has 0 heterocycles. The topological polar surface area (TPSA) is 86.5 Å². The zero-order chi connectivity index (χ0) is 12.8. The van der Waals surface area contributed by atoms with E-state index in [0.717, 1.165) is 0 Å². The molecule has 0 N–H and O–H groups in total. The van der Waals surface area contributed by atoms with Crippen molar-refractivity contribution in [2.45, 2.75) is 12.8 Å². The number of nitro benzene ring substituents is 1. The summed E-state index contributed by atoms with van der Waals surface area (Å²) in [6, 6.07) is 3.86. The van der Waals surface area contributed by atoms with Crippen LogP contribution in [-0.2, 0) is 16.0 Å². The molecule has 0 bridgehead atoms. The van der Waals surface area contributed by atoms with Crippen LogP contribution in [0.4, 0.5) is 5.69 Å². The van der Waals surface area contributed by atoms with Gasteiger partial charge in [-0.3, -0.25) is 10.1 Å². The summed E-state index contributed by atoms with van der Waals surface area (Å²) in [7, 11) is 1.23. The van der Waals surface area contributed by atoms with E-state index in [-0.39, 0.29) is 24.1 Å². The van der Waals surface area contributed by atoms with E-state index < -0.39 is 10.9 Å². The lowest BCUT2D eigenvalue weighted by atomic mass is 10.0. The molecule has 0 saturated heterocycles. The van der Waals surface area contributed by atoms with Gasteiger partial charge in [-0.25, -0.2) is 4.79 Å². The molecule has 0 aliphatic carbocycles. The molecule has 0 amide bonds. The van der Waals surface area contributed by atoms with Crippen LogP contribution in [0.2, 0.25) is 0 Å². The fraction of sp³-hybridized carbons (Fsp3) is 0.273. The summed E-state index contributed by atoms with van der Waals surface area (Å²) in [4.78, 5) is 31.7. The summed E-state index contributed by atoms with van der Waals surface area (Å²) in [6.07, 6.45) is 1.17. The minimum atomic E-state index is -0.569. The minimum Gasteiger partial charge on any atom is -0.465 e. The van der Waals surface area contributed by atoms with E-state index in [1.54, 1.807) is 0 Å². The highest BCUT2D eigenvalue weighted by molar-refractivity contribution is 5.91. The Morgan fingerprint density at radius 3 is 2.76 bits per heavy atom. The van der Waals surface area contributed by atoms with E-state index in [0.29, 0.717) is 11.8 Å². The highest BCUT2D eigenvalue weighted by Crippen LogP contribution is 2.19. The van der Waals surface area contributed by atoms with Crippen molar-refractivity contribution in [2.75, 3.05) is 7.11 Å². The van der Waals surface area contributed by atoms with Crippen molar-refractivity contribution < 1.29 is 19.2 Å². The van der Waals surface area contributed by atoms with Gasteiger partial charge < -0.3 is 9.53 Å². The number of aldehydes is 1. The molecule has 0 aliphatic rings. The maximum Gasteiger partial charge on any atom is 0.338 e. The average Bonchev–Trinajstić information content (AvgIpc) is 2.34. The summed E-state index contributed by atoms with van der Waals surface area (Å²) in [6.45, 7) is 0. The molecule has 0 saturated carbocycles. The zero-order valence-corrected chi connectivity index (χ0v) is 9.21. The monoisotopic (exact) mass is 237 g/mol. The molecule has 1 rings (SSSR count). The molecule has 6 nitrogen and oxygen atoms in total. The first-order chi connectivity index (χ1) is 8.10. The number of hydrogen-bond donors (Lipinski definition) is 0. The molecule has 17 heavy (non-hydrogen) atoms. The van der Waals surface area contributed by atoms with Crippen molar-refractivity contribution in [2.24, 2.45) is 0 Å². The number of nitrogens with zero attached hydrogens (tertiary/aromatic N) is 1. The molecule has 90 valence electrons. The van der Waals surface area contributed by atoms with E-state index in [2.05, 4.69) is 4.74 Å². The molecule has 0 spiro atoms. The van der Waals surface area contributed by atoms with Gasteiger partial charge in [0.2, 0.25) is 0 Å². The van der Waals surface area contributed by atoms with Crippen LogP contribution in [0.15, 0.2) is 18.2 Å². The molecule has 0 aliphatic heterocycles. The SMILES string of the molecule is COC(=O)c1ccc([N+](=O)[O-])cc1CCC=O. The predicted octanol–water partition coefficient (Wildman–Crippen LogP) is 1.51. The van der Waals surface area contributed by atoms with Crippen molar-refractivity contribution >= 4 is 17.9 Å². The van der Waals surface area contributed by atoms with Crippen molar-refractivity contribution in [1.29, 1.82) is 0 Å². The van der Waals surface area contributed by atoms with Gasteiger partial charge in [0.25, 0.3) is 5.69 Å². The first kappa shape index (κ1) is 12.8. The minimum absolute atomic E-state index is 0.112. The molecular formula is C11H11NO5. The zero-order valence-electron chi connectivity index (χ0n) is 9.21. The highest BCUT2D eigenvalue weighted by atomic mass is 16.6. The van der Waals surface area contributed by atoms with Crippen LogP contribution in [0, 0.1) is 10.1 Å². The lowest BCUT2D eigenvalue weighted by Crippen LogP contribution is -2.06. The molecule has 0 atom stereocenters. The number of non-ortho nitro benzene ring substituents is 1. The number of carbonyl (C=O) groups excluding carboxylic acids is 2. The number of aryl methyl sites for hydroxylation is 1. The van der Waals surface area contributed by atoms with Crippen LogP contribution in [0.25, 0.3) is 0 Å². The summed E-state index contributed by atoms with van der Waals surface area (Å²) in [5, 5.41) is 10.6. The van der Waals surface area contributed by atoms with Gasteiger partial charge in [-0.1, -0.05) is 0 Å². The Morgan fingerprint density at radius 2 is 2.24 bits per heavy atom. The third kappa shape index (κ3) is 3.10. The third-order valence-electron chi connectivity index (χ3n) is 2.24. The van der Waals surface area contributed by atoms with Gasteiger partial charge in [0.05, 0.1) is 17.6 Å². The van der Waals surface area contributed by atoms with Crippen LogP contribution in [0.1, 0.15) is 22.3 Å². The van der Waals surface area contributed by atoms with Gasteiger partial charge in [0, 0.05) is 18.6 Å². The predicted molar refractivity (Wildman–Crippen MR) is 58.8 cm³/mol. The van der Waals surface area contributed by atoms with Gasteiger partial charge in [-0.2, -0.15) is 0 Å². The molecule has 0 fully saturated rings. The van der Waals surface area contributed by atoms with Crippen LogP contribution >= 0.6 is 0 Å². The average molecular weight is 237 g/mol. The van der Waals surface area contributed by atoms with Crippen LogP contribution in [0.5, 0.6) is 0 Å². The molecular weight excluding hydrogens is 226 g/mol. The van der Waals surface area contributed by atoms with E-state index in [1.165, 1.54) is 25.3 Å². The van der Waals surface area contributed by atoms with Crippen LogP contribution in [-0.4, -0.2) is 24.3 Å². The Labute approximate surface area is 97.3 Å². The maximum atomic E-state index is 11.4. The largest absolute Gasteiger partial charge is 0.465 e. The number of hydrogen-bond acceptors (Lipinski definition) is 5. The maximum absolute atomic E-state index is 11.4. The third-order valence-corrected chi connectivity index (χ3v) is 2.24. The number of rotatable bonds is 5.